The molecule has 0 unspecified atom stereocenters. The van der Waals surface area contributed by atoms with E-state index in [1.165, 1.54) is 0 Å². The molecule has 6 heteroatoms. The van der Waals surface area contributed by atoms with Crippen LogP contribution in [0.25, 0.3) is 0 Å². The molecule has 0 saturated heterocycles. The number of hydrogen-bond donors (Lipinski definition) is 2. The van der Waals surface area contributed by atoms with Crippen molar-refractivity contribution in [3.05, 3.63) is 93.8 Å². The second kappa shape index (κ2) is 8.67. The highest BCUT2D eigenvalue weighted by atomic mass is 35.5. The van der Waals surface area contributed by atoms with Crippen LogP contribution in [-0.4, -0.2) is 16.8 Å². The first kappa shape index (κ1) is 19.6. The Morgan fingerprint density at radius 2 is 1.64 bits per heavy atom. The summed E-state index contributed by atoms with van der Waals surface area (Å²) in [7, 11) is 0. The summed E-state index contributed by atoms with van der Waals surface area (Å²) in [6, 6.07) is 17.9. The molecule has 0 aliphatic carbocycles. The number of halogens is 1. The lowest BCUT2D eigenvalue weighted by atomic mass is 10.1. The number of carbonyl (C=O) groups is 2. The number of nitrogens with one attached hydrogen (secondary N) is 2. The molecule has 0 fully saturated rings. The summed E-state index contributed by atoms with van der Waals surface area (Å²) in [6.45, 7) is 4.24. The van der Waals surface area contributed by atoms with Crippen LogP contribution < -0.4 is 10.6 Å². The third-order valence-electron chi connectivity index (χ3n) is 4.19. The van der Waals surface area contributed by atoms with Gasteiger partial charge in [-0.15, -0.1) is 0 Å². The Morgan fingerprint density at radius 3 is 2.36 bits per heavy atom. The maximum atomic E-state index is 12.5. The summed E-state index contributed by atoms with van der Waals surface area (Å²) in [5.74, 6) is -0.724. The number of aromatic nitrogens is 1. The number of amides is 2. The van der Waals surface area contributed by atoms with Crippen LogP contribution in [0.5, 0.6) is 0 Å². The molecule has 0 atom stereocenters. The molecule has 3 rings (SSSR count). The molecule has 5 nitrogen and oxygen atoms in total. The molecule has 2 amide bonds. The van der Waals surface area contributed by atoms with Crippen LogP contribution >= 0.6 is 11.6 Å². The van der Waals surface area contributed by atoms with E-state index in [0.29, 0.717) is 17.3 Å². The molecule has 142 valence electrons. The van der Waals surface area contributed by atoms with Crippen molar-refractivity contribution in [1.29, 1.82) is 0 Å². The van der Waals surface area contributed by atoms with E-state index in [1.807, 2.05) is 38.1 Å². The quantitative estimate of drug-likeness (QED) is 0.668. The van der Waals surface area contributed by atoms with E-state index >= 15 is 0 Å². The number of hydrogen-bond acceptors (Lipinski definition) is 3. The average Bonchev–Trinajstić information content (AvgIpc) is 2.68. The molecule has 0 bridgehead atoms. The summed E-state index contributed by atoms with van der Waals surface area (Å²) in [5, 5.41) is 6.22. The molecule has 0 spiro atoms. The lowest BCUT2D eigenvalue weighted by Crippen LogP contribution is -2.25. The van der Waals surface area contributed by atoms with Crippen LogP contribution in [-0.2, 0) is 6.54 Å². The van der Waals surface area contributed by atoms with Gasteiger partial charge in [0.15, 0.2) is 0 Å². The van der Waals surface area contributed by atoms with E-state index in [0.717, 1.165) is 16.7 Å². The van der Waals surface area contributed by atoms with Crippen LogP contribution in [0.2, 0.25) is 5.02 Å². The third-order valence-corrected chi connectivity index (χ3v) is 4.42. The Balaban J connectivity index is 1.68. The van der Waals surface area contributed by atoms with Gasteiger partial charge in [-0.2, -0.15) is 0 Å². The molecule has 0 radical (unpaired) electrons. The molecule has 1 heterocycles. The molecule has 2 aromatic carbocycles. The lowest BCUT2D eigenvalue weighted by molar-refractivity contribution is 0.0945. The van der Waals surface area contributed by atoms with Gasteiger partial charge in [0.2, 0.25) is 0 Å². The minimum absolute atomic E-state index is 0.164. The van der Waals surface area contributed by atoms with Crippen molar-refractivity contribution in [2.75, 3.05) is 5.32 Å². The van der Waals surface area contributed by atoms with E-state index < -0.39 is 5.91 Å². The predicted octanol–water partition coefficient (Wildman–Crippen LogP) is 4.53. The normalized spacial score (nSPS) is 10.4. The topological polar surface area (TPSA) is 71.1 Å². The van der Waals surface area contributed by atoms with Crippen molar-refractivity contribution in [2.24, 2.45) is 0 Å². The monoisotopic (exact) mass is 393 g/mol. The van der Waals surface area contributed by atoms with Crippen molar-refractivity contribution in [2.45, 2.75) is 20.4 Å². The van der Waals surface area contributed by atoms with Crippen LogP contribution in [0.4, 0.5) is 5.69 Å². The number of benzene rings is 2. The fourth-order valence-corrected chi connectivity index (χ4v) is 2.96. The second-order valence-corrected chi connectivity index (χ2v) is 6.93. The molecule has 1 aromatic heterocycles. The zero-order valence-corrected chi connectivity index (χ0v) is 16.4. The van der Waals surface area contributed by atoms with Crippen molar-refractivity contribution < 1.29 is 9.59 Å². The van der Waals surface area contributed by atoms with Gasteiger partial charge in [0.25, 0.3) is 11.8 Å². The van der Waals surface area contributed by atoms with Gasteiger partial charge in [-0.3, -0.25) is 9.59 Å². The van der Waals surface area contributed by atoms with Crippen LogP contribution in [0, 0.1) is 13.8 Å². The highest BCUT2D eigenvalue weighted by molar-refractivity contribution is 6.30. The van der Waals surface area contributed by atoms with Gasteiger partial charge in [0.1, 0.15) is 11.4 Å². The minimum atomic E-state index is -0.390. The first-order chi connectivity index (χ1) is 13.4. The minimum Gasteiger partial charge on any atom is -0.347 e. The number of anilines is 1. The average molecular weight is 394 g/mol. The number of aryl methyl sites for hydroxylation is 2. The summed E-state index contributed by atoms with van der Waals surface area (Å²) in [6.07, 6.45) is 0. The van der Waals surface area contributed by atoms with E-state index in [4.69, 9.17) is 11.6 Å². The van der Waals surface area contributed by atoms with E-state index in [2.05, 4.69) is 15.6 Å². The Morgan fingerprint density at radius 1 is 0.929 bits per heavy atom. The maximum absolute atomic E-state index is 12.5. The lowest BCUT2D eigenvalue weighted by Gasteiger charge is -2.09. The number of rotatable bonds is 5. The van der Waals surface area contributed by atoms with Gasteiger partial charge in [-0.1, -0.05) is 47.5 Å². The molecule has 3 aromatic rings. The highest BCUT2D eigenvalue weighted by Crippen LogP contribution is 2.20. The Bertz CT molecular complexity index is 1030. The number of nitrogens with zero attached hydrogens (tertiary/aromatic N) is 1. The SMILES string of the molecule is Cc1cccc(CNC(=O)c2cccc(C(=O)Nc3ccc(Cl)cc3C)n2)c1. The van der Waals surface area contributed by atoms with Gasteiger partial charge in [-0.05, 0) is 55.3 Å². The van der Waals surface area contributed by atoms with Gasteiger partial charge >= 0.3 is 0 Å². The smallest absolute Gasteiger partial charge is 0.274 e. The van der Waals surface area contributed by atoms with E-state index in [9.17, 15) is 9.59 Å². The highest BCUT2D eigenvalue weighted by Gasteiger charge is 2.13. The van der Waals surface area contributed by atoms with E-state index in [-0.39, 0.29) is 17.3 Å². The van der Waals surface area contributed by atoms with Crippen LogP contribution in [0.15, 0.2) is 60.7 Å². The molecule has 2 N–H and O–H groups in total. The van der Waals surface area contributed by atoms with Gasteiger partial charge in [0, 0.05) is 17.3 Å². The summed E-state index contributed by atoms with van der Waals surface area (Å²) >= 11 is 5.94. The largest absolute Gasteiger partial charge is 0.347 e. The Hall–Kier alpha value is -3.18. The zero-order chi connectivity index (χ0) is 20.1. The summed E-state index contributed by atoms with van der Waals surface area (Å²) < 4.78 is 0. The number of pyridine rings is 1. The van der Waals surface area contributed by atoms with Crippen molar-refractivity contribution in [1.82, 2.24) is 10.3 Å². The van der Waals surface area contributed by atoms with Gasteiger partial charge in [0.05, 0.1) is 0 Å². The van der Waals surface area contributed by atoms with Crippen molar-refractivity contribution >= 4 is 29.1 Å². The van der Waals surface area contributed by atoms with Crippen molar-refractivity contribution in [3.8, 4) is 0 Å². The summed E-state index contributed by atoms with van der Waals surface area (Å²) in [5.41, 5.74) is 3.96. The Labute approximate surface area is 168 Å². The molecule has 0 saturated carbocycles. The maximum Gasteiger partial charge on any atom is 0.274 e. The number of carbonyl (C=O) groups excluding carboxylic acids is 2. The van der Waals surface area contributed by atoms with Crippen LogP contribution in [0.3, 0.4) is 0 Å². The van der Waals surface area contributed by atoms with Crippen molar-refractivity contribution in [3.63, 3.8) is 0 Å². The van der Waals surface area contributed by atoms with Crippen LogP contribution in [0.1, 0.15) is 37.7 Å². The fraction of sp³-hybridized carbons (Fsp3) is 0.136. The first-order valence-corrected chi connectivity index (χ1v) is 9.18. The second-order valence-electron chi connectivity index (χ2n) is 6.49. The molecule has 0 aliphatic rings. The van der Waals surface area contributed by atoms with Gasteiger partial charge < -0.3 is 10.6 Å². The molecule has 28 heavy (non-hydrogen) atoms. The fourth-order valence-electron chi connectivity index (χ4n) is 2.74. The molecular formula is C22H20ClN3O2. The summed E-state index contributed by atoms with van der Waals surface area (Å²) in [4.78, 5) is 29.1. The zero-order valence-electron chi connectivity index (χ0n) is 15.6. The van der Waals surface area contributed by atoms with Gasteiger partial charge in [-0.25, -0.2) is 4.98 Å². The Kier molecular flexibility index (Phi) is 6.06. The third kappa shape index (κ3) is 4.96. The molecular weight excluding hydrogens is 374 g/mol. The first-order valence-electron chi connectivity index (χ1n) is 8.80. The molecule has 0 aliphatic heterocycles. The predicted molar refractivity (Wildman–Crippen MR) is 111 cm³/mol. The standard InChI is InChI=1S/C22H20ClN3O2/c1-14-5-3-6-16(11-14)13-24-21(27)19-7-4-8-20(25-19)22(28)26-18-10-9-17(23)12-15(18)2/h3-12H,13H2,1-2H3,(H,24,27)(H,26,28). The van der Waals surface area contributed by atoms with E-state index in [1.54, 1.807) is 36.4 Å².